The highest BCUT2D eigenvalue weighted by molar-refractivity contribution is 5.80. The molecule has 0 saturated carbocycles. The molecule has 0 spiro atoms. The molecule has 1 aliphatic heterocycles. The minimum Gasteiger partial charge on any atom is -0.465 e. The lowest BCUT2D eigenvalue weighted by Crippen LogP contribution is -2.54. The van der Waals surface area contributed by atoms with Crippen molar-refractivity contribution in [3.8, 4) is 0 Å². The van der Waals surface area contributed by atoms with E-state index in [1.807, 2.05) is 7.05 Å². The van der Waals surface area contributed by atoms with E-state index < -0.39 is 5.54 Å². The van der Waals surface area contributed by atoms with Crippen LogP contribution in [-0.2, 0) is 9.53 Å². The van der Waals surface area contributed by atoms with Crippen molar-refractivity contribution in [1.82, 2.24) is 9.80 Å². The monoisotopic (exact) mass is 271 g/mol. The van der Waals surface area contributed by atoms with Crippen LogP contribution < -0.4 is 5.73 Å². The number of rotatable bonds is 6. The molecule has 1 unspecified atom stereocenters. The quantitative estimate of drug-likeness (QED) is 0.715. The number of nitrogens with two attached hydrogens (primary N) is 1. The van der Waals surface area contributed by atoms with E-state index >= 15 is 0 Å². The molecule has 1 heterocycles. The normalized spacial score (nSPS) is 21.4. The van der Waals surface area contributed by atoms with Crippen LogP contribution in [0.5, 0.6) is 0 Å². The lowest BCUT2D eigenvalue weighted by Gasteiger charge is -2.34. The average molecular weight is 271 g/mol. The molecule has 0 aromatic heterocycles. The number of esters is 1. The molecule has 0 aromatic rings. The topological polar surface area (TPSA) is 58.8 Å². The van der Waals surface area contributed by atoms with Gasteiger partial charge in [-0.25, -0.2) is 0 Å². The first-order chi connectivity index (χ1) is 8.85. The molecule has 2 N–H and O–H groups in total. The van der Waals surface area contributed by atoms with Crippen molar-refractivity contribution in [3.63, 3.8) is 0 Å². The number of nitrogens with zero attached hydrogens (tertiary/aromatic N) is 2. The lowest BCUT2D eigenvalue weighted by molar-refractivity contribution is -0.149. The molecule has 0 amide bonds. The van der Waals surface area contributed by atoms with E-state index in [0.717, 1.165) is 19.6 Å². The Labute approximate surface area is 117 Å². The molecule has 5 heteroatoms. The summed E-state index contributed by atoms with van der Waals surface area (Å²) in [6.07, 6.45) is 2.45. The summed E-state index contributed by atoms with van der Waals surface area (Å²) < 4.78 is 5.01. The van der Waals surface area contributed by atoms with Crippen LogP contribution in [0.25, 0.3) is 0 Å². The van der Waals surface area contributed by atoms with Crippen LogP contribution in [0.3, 0.4) is 0 Å². The fourth-order valence-corrected chi connectivity index (χ4v) is 2.67. The lowest BCUT2D eigenvalue weighted by atomic mass is 9.95. The minimum atomic E-state index is -0.920. The van der Waals surface area contributed by atoms with Gasteiger partial charge in [0.2, 0.25) is 0 Å². The van der Waals surface area contributed by atoms with Gasteiger partial charge in [0.05, 0.1) is 6.61 Å². The molecule has 1 atom stereocenters. The standard InChI is InChI=1S/C14H29N3O2/c1-5-19-13(18)14(2,15)11-17(4)10-12-6-8-16(3)9-7-12/h12H,5-11,15H2,1-4H3. The number of hydrogen-bond acceptors (Lipinski definition) is 5. The summed E-state index contributed by atoms with van der Waals surface area (Å²) in [6, 6.07) is 0. The van der Waals surface area contributed by atoms with Crippen LogP contribution in [0.4, 0.5) is 0 Å². The maximum atomic E-state index is 11.8. The summed E-state index contributed by atoms with van der Waals surface area (Å²) in [7, 11) is 4.19. The van der Waals surface area contributed by atoms with Crippen LogP contribution in [0.2, 0.25) is 0 Å². The summed E-state index contributed by atoms with van der Waals surface area (Å²) >= 11 is 0. The zero-order valence-corrected chi connectivity index (χ0v) is 12.8. The Morgan fingerprint density at radius 2 is 2.05 bits per heavy atom. The van der Waals surface area contributed by atoms with Crippen molar-refractivity contribution in [1.29, 1.82) is 0 Å². The Balaban J connectivity index is 2.37. The molecule has 5 nitrogen and oxygen atoms in total. The van der Waals surface area contributed by atoms with Gasteiger partial charge >= 0.3 is 5.97 Å². The first-order valence-corrected chi connectivity index (χ1v) is 7.18. The van der Waals surface area contributed by atoms with Crippen molar-refractivity contribution in [3.05, 3.63) is 0 Å². The summed E-state index contributed by atoms with van der Waals surface area (Å²) in [5, 5.41) is 0. The van der Waals surface area contributed by atoms with E-state index in [0.29, 0.717) is 19.1 Å². The molecule has 0 aromatic carbocycles. The number of carbonyl (C=O) groups is 1. The Morgan fingerprint density at radius 1 is 1.47 bits per heavy atom. The summed E-state index contributed by atoms with van der Waals surface area (Å²) in [5.74, 6) is 0.393. The van der Waals surface area contributed by atoms with E-state index in [4.69, 9.17) is 10.5 Å². The second-order valence-electron chi connectivity index (χ2n) is 6.08. The Kier molecular flexibility index (Phi) is 6.23. The van der Waals surface area contributed by atoms with Crippen molar-refractivity contribution >= 4 is 5.97 Å². The van der Waals surface area contributed by atoms with Crippen LogP contribution in [-0.4, -0.2) is 68.2 Å². The van der Waals surface area contributed by atoms with Gasteiger partial charge in [-0.05, 0) is 59.8 Å². The van der Waals surface area contributed by atoms with E-state index in [1.165, 1.54) is 12.8 Å². The zero-order chi connectivity index (χ0) is 14.5. The predicted molar refractivity (Wildman–Crippen MR) is 76.9 cm³/mol. The van der Waals surface area contributed by atoms with Gasteiger partial charge in [-0.15, -0.1) is 0 Å². The number of piperidine rings is 1. The Hall–Kier alpha value is -0.650. The molecule has 1 aliphatic rings. The van der Waals surface area contributed by atoms with E-state index in [2.05, 4.69) is 16.8 Å². The Bertz CT molecular complexity index is 286. The second-order valence-corrected chi connectivity index (χ2v) is 6.08. The van der Waals surface area contributed by atoms with Gasteiger partial charge in [-0.3, -0.25) is 4.79 Å². The largest absolute Gasteiger partial charge is 0.465 e. The highest BCUT2D eigenvalue weighted by Gasteiger charge is 2.32. The third-order valence-corrected chi connectivity index (χ3v) is 3.75. The fraction of sp³-hybridized carbons (Fsp3) is 0.929. The molecule has 1 saturated heterocycles. The van der Waals surface area contributed by atoms with Crippen LogP contribution in [0.1, 0.15) is 26.7 Å². The SMILES string of the molecule is CCOC(=O)C(C)(N)CN(C)CC1CCN(C)CC1. The zero-order valence-electron chi connectivity index (χ0n) is 12.8. The van der Waals surface area contributed by atoms with Gasteiger partial charge in [0, 0.05) is 13.1 Å². The third-order valence-electron chi connectivity index (χ3n) is 3.75. The van der Waals surface area contributed by atoms with Crippen molar-refractivity contribution in [2.75, 3.05) is 46.9 Å². The van der Waals surface area contributed by atoms with Crippen LogP contribution >= 0.6 is 0 Å². The van der Waals surface area contributed by atoms with E-state index in [9.17, 15) is 4.79 Å². The van der Waals surface area contributed by atoms with Crippen molar-refractivity contribution < 1.29 is 9.53 Å². The average Bonchev–Trinajstić information content (AvgIpc) is 2.31. The molecule has 0 radical (unpaired) electrons. The van der Waals surface area contributed by atoms with Crippen LogP contribution in [0.15, 0.2) is 0 Å². The van der Waals surface area contributed by atoms with Gasteiger partial charge in [0.15, 0.2) is 0 Å². The van der Waals surface area contributed by atoms with Crippen molar-refractivity contribution in [2.24, 2.45) is 11.7 Å². The van der Waals surface area contributed by atoms with Crippen molar-refractivity contribution in [2.45, 2.75) is 32.2 Å². The first kappa shape index (κ1) is 16.4. The maximum Gasteiger partial charge on any atom is 0.327 e. The molecule has 1 rings (SSSR count). The highest BCUT2D eigenvalue weighted by atomic mass is 16.5. The predicted octanol–water partition coefficient (Wildman–Crippen LogP) is 0.541. The summed E-state index contributed by atoms with van der Waals surface area (Å²) in [6.45, 7) is 7.79. The molecule has 112 valence electrons. The van der Waals surface area contributed by atoms with Gasteiger partial charge in [0.1, 0.15) is 5.54 Å². The number of likely N-dealkylation sites (N-methyl/N-ethyl adjacent to an activating group) is 1. The maximum absolute atomic E-state index is 11.8. The van der Waals surface area contributed by atoms with E-state index in [-0.39, 0.29) is 5.97 Å². The molecular formula is C14H29N3O2. The minimum absolute atomic E-state index is 0.315. The van der Waals surface area contributed by atoms with Gasteiger partial charge in [-0.1, -0.05) is 0 Å². The molecule has 0 bridgehead atoms. The number of likely N-dealkylation sites (tertiary alicyclic amines) is 1. The van der Waals surface area contributed by atoms with Crippen LogP contribution in [0, 0.1) is 5.92 Å². The van der Waals surface area contributed by atoms with Gasteiger partial charge < -0.3 is 20.3 Å². The molecule has 0 aliphatic carbocycles. The molecule has 19 heavy (non-hydrogen) atoms. The third kappa shape index (κ3) is 5.47. The Morgan fingerprint density at radius 3 is 2.58 bits per heavy atom. The fourth-order valence-electron chi connectivity index (χ4n) is 2.67. The van der Waals surface area contributed by atoms with Gasteiger partial charge in [0.25, 0.3) is 0 Å². The number of ether oxygens (including phenoxy) is 1. The molecular weight excluding hydrogens is 242 g/mol. The smallest absolute Gasteiger partial charge is 0.327 e. The number of hydrogen-bond donors (Lipinski definition) is 1. The summed E-state index contributed by atoms with van der Waals surface area (Å²) in [4.78, 5) is 16.3. The highest BCUT2D eigenvalue weighted by Crippen LogP contribution is 2.17. The second kappa shape index (κ2) is 7.22. The first-order valence-electron chi connectivity index (χ1n) is 7.18. The van der Waals surface area contributed by atoms with Gasteiger partial charge in [-0.2, -0.15) is 0 Å². The summed E-state index contributed by atoms with van der Waals surface area (Å²) in [5.41, 5.74) is 5.13. The number of carbonyl (C=O) groups excluding carboxylic acids is 1. The molecule has 1 fully saturated rings. The van der Waals surface area contributed by atoms with E-state index in [1.54, 1.807) is 13.8 Å².